The summed E-state index contributed by atoms with van der Waals surface area (Å²) in [5.74, 6) is 0.153. The zero-order valence-electron chi connectivity index (χ0n) is 14.1. The Balaban J connectivity index is 1.53. The fourth-order valence-corrected chi connectivity index (χ4v) is 3.12. The maximum Gasteiger partial charge on any atom is 0.323 e. The number of carbonyl (C=O) groups excluding carboxylic acids is 2. The number of nitrogens with one attached hydrogen (secondary N) is 2. The number of nitrogens with zero attached hydrogens (tertiary/aromatic N) is 1. The van der Waals surface area contributed by atoms with Crippen molar-refractivity contribution in [2.45, 2.75) is 19.3 Å². The van der Waals surface area contributed by atoms with Gasteiger partial charge in [0.25, 0.3) is 0 Å². The zero-order valence-corrected chi connectivity index (χ0v) is 15.6. The van der Waals surface area contributed by atoms with Crippen molar-refractivity contribution in [1.29, 1.82) is 0 Å². The maximum absolute atomic E-state index is 12.2. The number of hydrogen-bond acceptors (Lipinski definition) is 2. The van der Waals surface area contributed by atoms with Gasteiger partial charge in [0.15, 0.2) is 0 Å². The number of halogens is 2. The number of benzene rings is 2. The molecule has 2 aromatic rings. The first-order valence-corrected chi connectivity index (χ1v) is 9.16. The lowest BCUT2D eigenvalue weighted by Crippen LogP contribution is -2.29. The van der Waals surface area contributed by atoms with Gasteiger partial charge in [-0.05, 0) is 48.7 Å². The van der Waals surface area contributed by atoms with Crippen molar-refractivity contribution in [2.24, 2.45) is 0 Å². The smallest absolute Gasteiger partial charge is 0.323 e. The average molecular weight is 392 g/mol. The number of amides is 3. The van der Waals surface area contributed by atoms with Gasteiger partial charge < -0.3 is 15.5 Å². The minimum Gasteiger partial charge on any atom is -0.342 e. The third-order valence-corrected chi connectivity index (χ3v) is 4.94. The standard InChI is InChI=1S/C19H19Cl2N3O2/c20-16-8-7-15(12-17(16)21)23-19(26)22-14-5-3-13(4-6-14)11-18(25)24-9-1-2-10-24/h3-8,12H,1-2,9-11H2,(H2,22,23,26). The monoisotopic (exact) mass is 391 g/mol. The van der Waals surface area contributed by atoms with Gasteiger partial charge in [-0.2, -0.15) is 0 Å². The van der Waals surface area contributed by atoms with E-state index < -0.39 is 0 Å². The largest absolute Gasteiger partial charge is 0.342 e. The third kappa shape index (κ3) is 4.90. The Labute approximate surface area is 162 Å². The van der Waals surface area contributed by atoms with Gasteiger partial charge in [-0.15, -0.1) is 0 Å². The first-order valence-electron chi connectivity index (χ1n) is 8.41. The van der Waals surface area contributed by atoms with E-state index in [1.807, 2.05) is 17.0 Å². The molecule has 3 rings (SSSR count). The summed E-state index contributed by atoms with van der Waals surface area (Å²) >= 11 is 11.8. The molecule has 0 spiro atoms. The highest BCUT2D eigenvalue weighted by Crippen LogP contribution is 2.25. The van der Waals surface area contributed by atoms with Crippen LogP contribution in [-0.4, -0.2) is 29.9 Å². The Bertz CT molecular complexity index is 803. The Hall–Kier alpha value is -2.24. The fourth-order valence-electron chi connectivity index (χ4n) is 2.83. The lowest BCUT2D eigenvalue weighted by molar-refractivity contribution is -0.129. The minimum atomic E-state index is -0.385. The van der Waals surface area contributed by atoms with E-state index in [4.69, 9.17) is 23.2 Å². The fraction of sp³-hybridized carbons (Fsp3) is 0.263. The summed E-state index contributed by atoms with van der Waals surface area (Å²) in [7, 11) is 0. The molecule has 136 valence electrons. The molecule has 5 nitrogen and oxygen atoms in total. The number of hydrogen-bond donors (Lipinski definition) is 2. The van der Waals surface area contributed by atoms with E-state index in [-0.39, 0.29) is 11.9 Å². The van der Waals surface area contributed by atoms with Crippen LogP contribution in [0.25, 0.3) is 0 Å². The average Bonchev–Trinajstić information content (AvgIpc) is 3.15. The molecule has 2 aromatic carbocycles. The van der Waals surface area contributed by atoms with Crippen LogP contribution in [0.3, 0.4) is 0 Å². The lowest BCUT2D eigenvalue weighted by atomic mass is 10.1. The van der Waals surface area contributed by atoms with Gasteiger partial charge in [-0.25, -0.2) is 4.79 Å². The van der Waals surface area contributed by atoms with Crippen LogP contribution in [-0.2, 0) is 11.2 Å². The number of urea groups is 1. The molecule has 1 aliphatic heterocycles. The molecule has 1 heterocycles. The van der Waals surface area contributed by atoms with Crippen LogP contribution in [0.1, 0.15) is 18.4 Å². The molecule has 1 saturated heterocycles. The van der Waals surface area contributed by atoms with Gasteiger partial charge in [-0.3, -0.25) is 4.79 Å². The van der Waals surface area contributed by atoms with E-state index in [1.165, 1.54) is 0 Å². The molecule has 0 bridgehead atoms. The van der Waals surface area contributed by atoms with Crippen LogP contribution in [0.2, 0.25) is 10.0 Å². The molecular formula is C19H19Cl2N3O2. The Morgan fingerprint density at radius 3 is 2.15 bits per heavy atom. The van der Waals surface area contributed by atoms with Crippen molar-refractivity contribution in [3.8, 4) is 0 Å². The summed E-state index contributed by atoms with van der Waals surface area (Å²) in [5, 5.41) is 6.23. The summed E-state index contributed by atoms with van der Waals surface area (Å²) in [6, 6.07) is 11.7. The molecule has 2 N–H and O–H groups in total. The highest BCUT2D eigenvalue weighted by atomic mass is 35.5. The third-order valence-electron chi connectivity index (χ3n) is 4.20. The topological polar surface area (TPSA) is 61.4 Å². The normalized spacial score (nSPS) is 13.5. The predicted octanol–water partition coefficient (Wildman–Crippen LogP) is 4.80. The highest BCUT2D eigenvalue weighted by Gasteiger charge is 2.17. The Morgan fingerprint density at radius 1 is 0.885 bits per heavy atom. The first kappa shape index (κ1) is 18.5. The summed E-state index contributed by atoms with van der Waals surface area (Å²) < 4.78 is 0. The van der Waals surface area contributed by atoms with Gasteiger partial charge in [0, 0.05) is 24.5 Å². The molecule has 1 aliphatic rings. The second-order valence-electron chi connectivity index (χ2n) is 6.17. The Kier molecular flexibility index (Phi) is 6.01. The van der Waals surface area contributed by atoms with Crippen molar-refractivity contribution in [3.05, 3.63) is 58.1 Å². The van der Waals surface area contributed by atoms with Crippen LogP contribution >= 0.6 is 23.2 Å². The summed E-state index contributed by atoms with van der Waals surface area (Å²) in [4.78, 5) is 26.1. The zero-order chi connectivity index (χ0) is 18.5. The second kappa shape index (κ2) is 8.43. The van der Waals surface area contributed by atoms with Gasteiger partial charge >= 0.3 is 6.03 Å². The molecule has 0 atom stereocenters. The number of carbonyl (C=O) groups is 2. The molecule has 0 radical (unpaired) electrons. The van der Waals surface area contributed by atoms with Crippen molar-refractivity contribution in [3.63, 3.8) is 0 Å². The number of likely N-dealkylation sites (tertiary alicyclic amines) is 1. The van der Waals surface area contributed by atoms with Crippen LogP contribution in [0.15, 0.2) is 42.5 Å². The second-order valence-corrected chi connectivity index (χ2v) is 6.98. The van der Waals surface area contributed by atoms with Gasteiger partial charge in [0.2, 0.25) is 5.91 Å². The van der Waals surface area contributed by atoms with Gasteiger partial charge in [0.05, 0.1) is 16.5 Å². The van der Waals surface area contributed by atoms with E-state index in [0.29, 0.717) is 27.8 Å². The molecular weight excluding hydrogens is 373 g/mol. The maximum atomic E-state index is 12.2. The lowest BCUT2D eigenvalue weighted by Gasteiger charge is -2.15. The van der Waals surface area contributed by atoms with E-state index in [0.717, 1.165) is 31.5 Å². The van der Waals surface area contributed by atoms with E-state index >= 15 is 0 Å². The van der Waals surface area contributed by atoms with Crippen LogP contribution in [0, 0.1) is 0 Å². The van der Waals surface area contributed by atoms with E-state index in [9.17, 15) is 9.59 Å². The molecule has 7 heteroatoms. The quantitative estimate of drug-likeness (QED) is 0.785. The number of rotatable bonds is 4. The summed E-state index contributed by atoms with van der Waals surface area (Å²) in [5.41, 5.74) is 2.11. The van der Waals surface area contributed by atoms with E-state index in [1.54, 1.807) is 30.3 Å². The van der Waals surface area contributed by atoms with Crippen molar-refractivity contribution >= 4 is 46.5 Å². The molecule has 0 aromatic heterocycles. The van der Waals surface area contributed by atoms with Crippen LogP contribution < -0.4 is 10.6 Å². The summed E-state index contributed by atoms with van der Waals surface area (Å²) in [6.45, 7) is 1.71. The molecule has 3 amide bonds. The predicted molar refractivity (Wildman–Crippen MR) is 105 cm³/mol. The molecule has 0 aliphatic carbocycles. The number of anilines is 2. The van der Waals surface area contributed by atoms with Crippen molar-refractivity contribution in [2.75, 3.05) is 23.7 Å². The highest BCUT2D eigenvalue weighted by molar-refractivity contribution is 6.42. The van der Waals surface area contributed by atoms with E-state index in [2.05, 4.69) is 10.6 Å². The molecule has 26 heavy (non-hydrogen) atoms. The van der Waals surface area contributed by atoms with Crippen molar-refractivity contribution < 1.29 is 9.59 Å². The molecule has 0 saturated carbocycles. The Morgan fingerprint density at radius 2 is 1.50 bits per heavy atom. The van der Waals surface area contributed by atoms with Gasteiger partial charge in [0.1, 0.15) is 0 Å². The minimum absolute atomic E-state index is 0.153. The summed E-state index contributed by atoms with van der Waals surface area (Å²) in [6.07, 6.45) is 2.56. The molecule has 1 fully saturated rings. The van der Waals surface area contributed by atoms with Crippen molar-refractivity contribution in [1.82, 2.24) is 4.90 Å². The van der Waals surface area contributed by atoms with Gasteiger partial charge in [-0.1, -0.05) is 35.3 Å². The van der Waals surface area contributed by atoms with Crippen LogP contribution in [0.4, 0.5) is 16.2 Å². The van der Waals surface area contributed by atoms with Crippen LogP contribution in [0.5, 0.6) is 0 Å². The SMILES string of the molecule is O=C(Nc1ccc(CC(=O)N2CCCC2)cc1)Nc1ccc(Cl)c(Cl)c1. The first-order chi connectivity index (χ1) is 12.5. The molecule has 0 unspecified atom stereocenters.